The molecule has 4 rings (SSSR count). The molecule has 53 heavy (non-hydrogen) atoms. The van der Waals surface area contributed by atoms with Crippen LogP contribution in [0.15, 0.2) is 30.4 Å². The lowest BCUT2D eigenvalue weighted by Gasteiger charge is -2.34. The van der Waals surface area contributed by atoms with Gasteiger partial charge >= 0.3 is 5.97 Å². The highest BCUT2D eigenvalue weighted by Crippen LogP contribution is 2.23. The maximum Gasteiger partial charge on any atom is 0.328 e. The van der Waals surface area contributed by atoms with Gasteiger partial charge in [-0.15, -0.1) is 0 Å². The molecule has 3 saturated heterocycles. The van der Waals surface area contributed by atoms with E-state index in [1.165, 1.54) is 47.7 Å². The van der Waals surface area contributed by atoms with E-state index in [1.54, 1.807) is 6.08 Å². The van der Waals surface area contributed by atoms with Crippen molar-refractivity contribution in [3.63, 3.8) is 0 Å². The van der Waals surface area contributed by atoms with E-state index in [-0.39, 0.29) is 37.9 Å². The van der Waals surface area contributed by atoms with Gasteiger partial charge in [0.15, 0.2) is 11.6 Å². The Balaban J connectivity index is 1.65. The van der Waals surface area contributed by atoms with E-state index in [0.29, 0.717) is 19.3 Å². The molecule has 290 valence electrons. The maximum absolute atomic E-state index is 14.2. The second kappa shape index (κ2) is 18.7. The first kappa shape index (κ1) is 40.9. The highest BCUT2D eigenvalue weighted by atomic mass is 19.2. The molecule has 3 fully saturated rings. The van der Waals surface area contributed by atoms with Gasteiger partial charge in [0.2, 0.25) is 35.4 Å². The number of unbranched alkanes of at least 4 members (excludes halogenated alkanes) is 3. The molecule has 0 aliphatic carbocycles. The van der Waals surface area contributed by atoms with Gasteiger partial charge in [-0.05, 0) is 76.1 Å². The van der Waals surface area contributed by atoms with Crippen LogP contribution in [-0.4, -0.2) is 119 Å². The number of cyclic esters (lactones) is 1. The zero-order valence-electron chi connectivity index (χ0n) is 30.7. The molecule has 16 heteroatoms. The quantitative estimate of drug-likeness (QED) is 0.184. The number of hydrogen-bond acceptors (Lipinski definition) is 8. The zero-order chi connectivity index (χ0) is 38.8. The Kier molecular flexibility index (Phi) is 14.5. The molecule has 0 radical (unpaired) electrons. The lowest BCUT2D eigenvalue weighted by atomic mass is 10.0. The Morgan fingerprint density at radius 2 is 1.64 bits per heavy atom. The van der Waals surface area contributed by atoms with Gasteiger partial charge in [-0.2, -0.15) is 0 Å². The van der Waals surface area contributed by atoms with Crippen LogP contribution < -0.4 is 16.0 Å². The molecular weight excluding hydrogens is 694 g/mol. The predicted molar refractivity (Wildman–Crippen MR) is 187 cm³/mol. The van der Waals surface area contributed by atoms with Crippen LogP contribution in [0.3, 0.4) is 0 Å². The summed E-state index contributed by atoms with van der Waals surface area (Å²) in [5.41, 5.74) is 0.179. The van der Waals surface area contributed by atoms with Crippen molar-refractivity contribution >= 4 is 41.4 Å². The molecular formula is C37H50F2N6O8. The third-order valence-corrected chi connectivity index (χ3v) is 9.97. The monoisotopic (exact) mass is 744 g/mol. The third-order valence-electron chi connectivity index (χ3n) is 9.97. The predicted octanol–water partition coefficient (Wildman–Crippen LogP) is 1.50. The standard InChI is InChI=1S/C37H50F2N6O8/c1-5-6-7-8-9-14-31(46)41-27(20-24-15-16-25(38)26(39)19-24)33(48)42-28-21-53-37(52)30-13-11-18-45(30)34(49)22(2)40-32(47)23(3)43(4)36(51)29-12-10-17-44(29)35(28)50/h9,14-16,19,22-23,27-30H,5-8,10-13,17-18,20-21H2,1-4H3,(H,40,47)(H,41,46)(H,42,48)/t22-,23-,27-,28-,29-,30-/m0/s1. The molecule has 0 spiro atoms. The van der Waals surface area contributed by atoms with Crippen LogP contribution in [0.1, 0.15) is 77.7 Å². The Labute approximate surface area is 308 Å². The molecule has 14 nitrogen and oxygen atoms in total. The van der Waals surface area contributed by atoms with Crippen molar-refractivity contribution in [3.8, 4) is 0 Å². The summed E-state index contributed by atoms with van der Waals surface area (Å²) in [7, 11) is 1.42. The van der Waals surface area contributed by atoms with Crippen LogP contribution in [0.2, 0.25) is 0 Å². The van der Waals surface area contributed by atoms with Gasteiger partial charge in [0.1, 0.15) is 42.9 Å². The van der Waals surface area contributed by atoms with E-state index in [0.717, 1.165) is 31.4 Å². The fraction of sp³-hybridized carbons (Fsp3) is 0.595. The minimum atomic E-state index is -1.54. The van der Waals surface area contributed by atoms with Crippen LogP contribution >= 0.6 is 0 Å². The zero-order valence-corrected chi connectivity index (χ0v) is 30.7. The summed E-state index contributed by atoms with van der Waals surface area (Å²) in [6, 6.07) is -3.92. The van der Waals surface area contributed by atoms with E-state index >= 15 is 0 Å². The van der Waals surface area contributed by atoms with Crippen LogP contribution in [-0.2, 0) is 44.7 Å². The van der Waals surface area contributed by atoms with Crippen molar-refractivity contribution in [3.05, 3.63) is 47.5 Å². The number of nitrogens with zero attached hydrogens (tertiary/aromatic N) is 3. The number of allylic oxidation sites excluding steroid dienone is 1. The molecule has 0 saturated carbocycles. The number of amides is 6. The van der Waals surface area contributed by atoms with Crippen LogP contribution in [0.5, 0.6) is 0 Å². The smallest absolute Gasteiger partial charge is 0.328 e. The Bertz CT molecular complexity index is 1590. The number of esters is 1. The van der Waals surface area contributed by atoms with E-state index in [1.807, 2.05) is 6.92 Å². The van der Waals surface area contributed by atoms with Crippen molar-refractivity contribution in [1.82, 2.24) is 30.7 Å². The van der Waals surface area contributed by atoms with Gasteiger partial charge in [0, 0.05) is 26.6 Å². The number of benzene rings is 1. The fourth-order valence-electron chi connectivity index (χ4n) is 6.75. The molecule has 0 aromatic heterocycles. The van der Waals surface area contributed by atoms with Gasteiger partial charge in [-0.1, -0.05) is 31.9 Å². The molecule has 6 atom stereocenters. The lowest BCUT2D eigenvalue weighted by molar-refractivity contribution is -0.158. The number of nitrogens with one attached hydrogen (secondary N) is 3. The number of rotatable bonds is 10. The Morgan fingerprint density at radius 1 is 0.962 bits per heavy atom. The summed E-state index contributed by atoms with van der Waals surface area (Å²) in [4.78, 5) is 98.5. The number of carbonyl (C=O) groups excluding carboxylic acids is 7. The van der Waals surface area contributed by atoms with Crippen molar-refractivity contribution in [2.24, 2.45) is 0 Å². The first-order valence-electron chi connectivity index (χ1n) is 18.3. The van der Waals surface area contributed by atoms with Crippen LogP contribution in [0.4, 0.5) is 8.78 Å². The summed E-state index contributed by atoms with van der Waals surface area (Å²) in [6.45, 7) is 4.71. The number of fused-ring (bicyclic) bond motifs is 2. The SMILES string of the molecule is CCCCCC=CC(=O)N[C@@H](Cc1ccc(F)c(F)c1)C(=O)N[C@H]1COC(=O)[C@@H]2CCCN2C(=O)[C@H](C)NC(=O)[C@H](C)N(C)C(=O)[C@@H]2CCCN2C1=O. The minimum Gasteiger partial charge on any atom is -0.461 e. The number of ether oxygens (including phenoxy) is 1. The van der Waals surface area contributed by atoms with Gasteiger partial charge in [0.05, 0.1) is 0 Å². The minimum absolute atomic E-state index is 0.129. The maximum atomic E-state index is 14.2. The number of carbonyl (C=O) groups is 7. The second-order valence-electron chi connectivity index (χ2n) is 13.8. The van der Waals surface area contributed by atoms with E-state index < -0.39 is 95.9 Å². The first-order chi connectivity index (χ1) is 25.2. The summed E-state index contributed by atoms with van der Waals surface area (Å²) in [5, 5.41) is 7.78. The van der Waals surface area contributed by atoms with Crippen molar-refractivity contribution in [2.45, 2.75) is 115 Å². The fourth-order valence-corrected chi connectivity index (χ4v) is 6.75. The van der Waals surface area contributed by atoms with Gasteiger partial charge < -0.3 is 35.4 Å². The van der Waals surface area contributed by atoms with Crippen molar-refractivity contribution < 1.29 is 47.1 Å². The normalized spacial score (nSPS) is 25.2. The van der Waals surface area contributed by atoms with Gasteiger partial charge in [-0.25, -0.2) is 13.6 Å². The van der Waals surface area contributed by atoms with Crippen molar-refractivity contribution in [2.75, 3.05) is 26.7 Å². The average Bonchev–Trinajstić information content (AvgIpc) is 3.83. The number of likely N-dealkylation sites (N-methyl/N-ethyl adjacent to an activating group) is 1. The molecule has 6 amide bonds. The molecule has 3 aliphatic rings. The summed E-state index contributed by atoms with van der Waals surface area (Å²) in [6.07, 6.45) is 7.52. The number of hydrogen-bond donors (Lipinski definition) is 3. The highest BCUT2D eigenvalue weighted by molar-refractivity contribution is 5.98. The molecule has 0 bridgehead atoms. The lowest BCUT2D eigenvalue weighted by Crippen LogP contribution is -2.60. The van der Waals surface area contributed by atoms with Crippen LogP contribution in [0.25, 0.3) is 0 Å². The second-order valence-corrected chi connectivity index (χ2v) is 13.8. The average molecular weight is 745 g/mol. The molecule has 1 aromatic carbocycles. The topological polar surface area (TPSA) is 175 Å². The van der Waals surface area contributed by atoms with E-state index in [2.05, 4.69) is 16.0 Å². The molecule has 3 aliphatic heterocycles. The Hall–Kier alpha value is -4.89. The van der Waals surface area contributed by atoms with E-state index in [9.17, 15) is 42.3 Å². The highest BCUT2D eigenvalue weighted by Gasteiger charge is 2.43. The first-order valence-corrected chi connectivity index (χ1v) is 18.3. The summed E-state index contributed by atoms with van der Waals surface area (Å²) in [5.74, 6) is -7.01. The molecule has 3 heterocycles. The molecule has 3 N–H and O–H groups in total. The summed E-state index contributed by atoms with van der Waals surface area (Å²) < 4.78 is 33.5. The van der Waals surface area contributed by atoms with Crippen molar-refractivity contribution in [1.29, 1.82) is 0 Å². The van der Waals surface area contributed by atoms with E-state index in [4.69, 9.17) is 4.74 Å². The van der Waals surface area contributed by atoms with Gasteiger partial charge in [-0.3, -0.25) is 28.8 Å². The molecule has 1 aromatic rings. The summed E-state index contributed by atoms with van der Waals surface area (Å²) >= 11 is 0. The molecule has 0 unspecified atom stereocenters. The Morgan fingerprint density at radius 3 is 2.32 bits per heavy atom. The van der Waals surface area contributed by atoms with Crippen LogP contribution in [0, 0.1) is 11.6 Å². The largest absolute Gasteiger partial charge is 0.461 e. The number of halogens is 2. The van der Waals surface area contributed by atoms with Gasteiger partial charge in [0.25, 0.3) is 0 Å². The third kappa shape index (κ3) is 10.4.